The number of carbonyl (C=O) groups is 5. The van der Waals surface area contributed by atoms with Crippen molar-refractivity contribution < 1.29 is 44.0 Å². The van der Waals surface area contributed by atoms with Crippen LogP contribution in [0, 0.1) is 11.8 Å². The molecule has 3 atom stereocenters. The number of nitrogens with one attached hydrogen (secondary N) is 1. The molecule has 0 heterocycles. The van der Waals surface area contributed by atoms with Crippen molar-refractivity contribution in [2.75, 3.05) is 6.61 Å². The molecule has 0 aliphatic rings. The standard InChI is InChI=1S/C35H53NO9/c1-3-5-7-10-13-16-27(37)17-14-11-8-9-12-15-18-29(30(34(41)42)25-32(38)39)33(40)36-31(35(43)44)24-26-19-21-28(22-20-26)45-23-6-4-2/h15,18-22,29-31H,3-14,16-17,23-25H2,1-2H3,(H,36,40)(H,38,39)(H,41,42)(H,43,44)/b18-15+/t29-,30?,31-/m0/s1. The molecular weight excluding hydrogens is 578 g/mol. The molecule has 0 aromatic heterocycles. The Bertz CT molecular complexity index is 1070. The van der Waals surface area contributed by atoms with Crippen molar-refractivity contribution in [3.63, 3.8) is 0 Å². The Labute approximate surface area is 267 Å². The van der Waals surface area contributed by atoms with Crippen LogP contribution in [0.15, 0.2) is 36.4 Å². The van der Waals surface area contributed by atoms with E-state index in [2.05, 4.69) is 19.2 Å². The van der Waals surface area contributed by atoms with Crippen LogP contribution in [-0.4, -0.2) is 57.6 Å². The molecule has 1 aromatic carbocycles. The maximum absolute atomic E-state index is 13.2. The predicted molar refractivity (Wildman–Crippen MR) is 172 cm³/mol. The molecule has 4 N–H and O–H groups in total. The maximum atomic E-state index is 13.2. The average molecular weight is 632 g/mol. The van der Waals surface area contributed by atoms with Gasteiger partial charge in [0, 0.05) is 19.3 Å². The summed E-state index contributed by atoms with van der Waals surface area (Å²) in [5, 5.41) is 31.2. The number of aliphatic carboxylic acids is 3. The summed E-state index contributed by atoms with van der Waals surface area (Å²) in [6.07, 6.45) is 14.7. The SMILES string of the molecule is CCCCCCCC(=O)CCCCCC/C=C/[C@H](C(=O)N[C@@H](Cc1ccc(OCCCC)cc1)C(=O)O)C(CC(=O)O)C(=O)O. The lowest BCUT2D eigenvalue weighted by molar-refractivity contribution is -0.152. The molecule has 0 saturated heterocycles. The van der Waals surface area contributed by atoms with Gasteiger partial charge in [0.25, 0.3) is 0 Å². The number of unbranched alkanes of at least 4 members (excludes halogenated alkanes) is 9. The van der Waals surface area contributed by atoms with Crippen LogP contribution in [-0.2, 0) is 30.4 Å². The summed E-state index contributed by atoms with van der Waals surface area (Å²) < 4.78 is 5.63. The lowest BCUT2D eigenvalue weighted by Crippen LogP contribution is -2.47. The summed E-state index contributed by atoms with van der Waals surface area (Å²) in [6, 6.07) is 5.50. The largest absolute Gasteiger partial charge is 0.494 e. The van der Waals surface area contributed by atoms with E-state index in [1.54, 1.807) is 30.3 Å². The number of amides is 1. The number of allylic oxidation sites excluding steroid dienone is 1. The van der Waals surface area contributed by atoms with E-state index in [0.717, 1.165) is 51.4 Å². The first kappa shape index (κ1) is 39.3. The predicted octanol–water partition coefficient (Wildman–Crippen LogP) is 6.60. The molecular formula is C35H53NO9. The molecule has 10 heteroatoms. The van der Waals surface area contributed by atoms with E-state index in [1.807, 2.05) is 0 Å². The summed E-state index contributed by atoms with van der Waals surface area (Å²) in [6.45, 7) is 4.78. The normalized spacial score (nSPS) is 13.2. The fourth-order valence-corrected chi connectivity index (χ4v) is 4.95. The molecule has 0 saturated carbocycles. The van der Waals surface area contributed by atoms with Gasteiger partial charge in [-0.05, 0) is 49.8 Å². The third-order valence-electron chi connectivity index (χ3n) is 7.67. The highest BCUT2D eigenvalue weighted by Crippen LogP contribution is 2.21. The van der Waals surface area contributed by atoms with Gasteiger partial charge in [-0.15, -0.1) is 0 Å². The summed E-state index contributed by atoms with van der Waals surface area (Å²) in [5.74, 6) is -6.98. The lowest BCUT2D eigenvalue weighted by atomic mass is 9.87. The molecule has 0 aliphatic heterocycles. The fourth-order valence-electron chi connectivity index (χ4n) is 4.95. The second kappa shape index (κ2) is 23.7. The number of hydrogen-bond donors (Lipinski definition) is 4. The van der Waals surface area contributed by atoms with Crippen molar-refractivity contribution in [2.45, 2.75) is 123 Å². The van der Waals surface area contributed by atoms with Gasteiger partial charge in [-0.1, -0.05) is 83.1 Å². The molecule has 45 heavy (non-hydrogen) atoms. The minimum Gasteiger partial charge on any atom is -0.494 e. The number of hydrogen-bond acceptors (Lipinski definition) is 6. The minimum atomic E-state index is -1.57. The van der Waals surface area contributed by atoms with Crippen molar-refractivity contribution >= 4 is 29.6 Å². The molecule has 1 amide bonds. The number of benzene rings is 1. The number of Topliss-reactive ketones (excluding diaryl/α,β-unsaturated/α-hetero) is 1. The van der Waals surface area contributed by atoms with Gasteiger partial charge in [-0.2, -0.15) is 0 Å². The number of ketones is 1. The van der Waals surface area contributed by atoms with E-state index in [9.17, 15) is 39.3 Å². The van der Waals surface area contributed by atoms with E-state index >= 15 is 0 Å². The first-order valence-electron chi connectivity index (χ1n) is 16.5. The van der Waals surface area contributed by atoms with Crippen LogP contribution in [0.4, 0.5) is 0 Å². The Morgan fingerprint density at radius 1 is 0.778 bits per heavy atom. The number of carboxylic acids is 3. The van der Waals surface area contributed by atoms with Crippen LogP contribution < -0.4 is 10.1 Å². The van der Waals surface area contributed by atoms with Crippen LogP contribution in [0.25, 0.3) is 0 Å². The Kier molecular flexibility index (Phi) is 20.7. The molecule has 1 rings (SSSR count). The second-order valence-corrected chi connectivity index (χ2v) is 11.6. The van der Waals surface area contributed by atoms with Gasteiger partial charge in [0.05, 0.1) is 24.9 Å². The zero-order valence-corrected chi connectivity index (χ0v) is 27.0. The topological polar surface area (TPSA) is 167 Å². The molecule has 0 aliphatic carbocycles. The Hall–Kier alpha value is -3.69. The van der Waals surface area contributed by atoms with Crippen LogP contribution in [0.3, 0.4) is 0 Å². The van der Waals surface area contributed by atoms with Crippen molar-refractivity contribution in [3.05, 3.63) is 42.0 Å². The van der Waals surface area contributed by atoms with E-state index in [0.29, 0.717) is 43.0 Å². The van der Waals surface area contributed by atoms with Gasteiger partial charge in [-0.25, -0.2) is 4.79 Å². The Morgan fingerprint density at radius 3 is 1.93 bits per heavy atom. The first-order chi connectivity index (χ1) is 21.6. The highest BCUT2D eigenvalue weighted by Gasteiger charge is 2.35. The molecule has 0 radical (unpaired) electrons. The molecule has 0 fully saturated rings. The molecule has 252 valence electrons. The van der Waals surface area contributed by atoms with Gasteiger partial charge in [0.1, 0.15) is 17.6 Å². The van der Waals surface area contributed by atoms with Gasteiger partial charge in [0.2, 0.25) is 5.91 Å². The monoisotopic (exact) mass is 631 g/mol. The number of carboxylic acid groups (broad SMARTS) is 3. The van der Waals surface area contributed by atoms with Crippen molar-refractivity contribution in [1.29, 1.82) is 0 Å². The third-order valence-corrected chi connectivity index (χ3v) is 7.67. The molecule has 1 aromatic rings. The summed E-state index contributed by atoms with van der Waals surface area (Å²) in [4.78, 5) is 60.7. The van der Waals surface area contributed by atoms with Crippen LogP contribution in [0.2, 0.25) is 0 Å². The molecule has 1 unspecified atom stereocenters. The third kappa shape index (κ3) is 18.0. The van der Waals surface area contributed by atoms with E-state index in [4.69, 9.17) is 4.74 Å². The highest BCUT2D eigenvalue weighted by molar-refractivity contribution is 5.91. The lowest BCUT2D eigenvalue weighted by Gasteiger charge is -2.22. The number of rotatable bonds is 27. The van der Waals surface area contributed by atoms with Gasteiger partial charge in [0.15, 0.2) is 0 Å². The van der Waals surface area contributed by atoms with Crippen molar-refractivity contribution in [2.24, 2.45) is 11.8 Å². The minimum absolute atomic E-state index is 0.0508. The zero-order chi connectivity index (χ0) is 33.5. The van der Waals surface area contributed by atoms with Crippen molar-refractivity contribution in [3.8, 4) is 5.75 Å². The smallest absolute Gasteiger partial charge is 0.326 e. The quantitative estimate of drug-likeness (QED) is 0.0618. The van der Waals surface area contributed by atoms with Gasteiger partial charge in [-0.3, -0.25) is 19.2 Å². The number of ether oxygens (including phenoxy) is 1. The Morgan fingerprint density at radius 2 is 1.38 bits per heavy atom. The molecule has 0 spiro atoms. The molecule has 0 bridgehead atoms. The fraction of sp³-hybridized carbons (Fsp3) is 0.629. The van der Waals surface area contributed by atoms with E-state index in [1.165, 1.54) is 25.3 Å². The second-order valence-electron chi connectivity index (χ2n) is 11.6. The Balaban J connectivity index is 2.73. The van der Waals surface area contributed by atoms with E-state index in [-0.39, 0.29) is 6.42 Å². The highest BCUT2D eigenvalue weighted by atomic mass is 16.5. The summed E-state index contributed by atoms with van der Waals surface area (Å²) in [5.41, 5.74) is 0.631. The van der Waals surface area contributed by atoms with Crippen LogP contribution in [0.5, 0.6) is 5.75 Å². The zero-order valence-electron chi connectivity index (χ0n) is 27.0. The number of carbonyl (C=O) groups excluding carboxylic acids is 2. The van der Waals surface area contributed by atoms with Crippen molar-refractivity contribution in [1.82, 2.24) is 5.32 Å². The first-order valence-corrected chi connectivity index (χ1v) is 16.5. The summed E-state index contributed by atoms with van der Waals surface area (Å²) in [7, 11) is 0. The van der Waals surface area contributed by atoms with Gasteiger partial charge >= 0.3 is 17.9 Å². The summed E-state index contributed by atoms with van der Waals surface area (Å²) >= 11 is 0. The van der Waals surface area contributed by atoms with Gasteiger partial charge < -0.3 is 25.4 Å². The van der Waals surface area contributed by atoms with E-state index < -0.39 is 48.1 Å². The van der Waals surface area contributed by atoms with Crippen LogP contribution >= 0.6 is 0 Å². The van der Waals surface area contributed by atoms with Crippen LogP contribution in [0.1, 0.15) is 116 Å². The maximum Gasteiger partial charge on any atom is 0.326 e. The average Bonchev–Trinajstić information content (AvgIpc) is 2.99. The molecule has 10 nitrogen and oxygen atoms in total.